The number of sulfonamides is 1. The highest BCUT2D eigenvalue weighted by Crippen LogP contribution is 2.32. The number of amides is 1. The van der Waals surface area contributed by atoms with Gasteiger partial charge in [0, 0.05) is 45.3 Å². The van der Waals surface area contributed by atoms with Crippen LogP contribution >= 0.6 is 11.3 Å². The zero-order valence-corrected chi connectivity index (χ0v) is 16.2. The standard InChI is InChI=1S/C16H22N4O3S2/c1-12(2)20-11-15(16(17-20)14-5-4-10-24-14)25(22,23)19-8-6-18(7-9-19)13(3)21/h4-5,10-12H,6-9H2,1-3H3. The SMILES string of the molecule is CC(=O)N1CCN(S(=O)(=O)c2cn(C(C)C)nc2-c2cccs2)CC1. The summed E-state index contributed by atoms with van der Waals surface area (Å²) in [6.07, 6.45) is 1.62. The molecular formula is C16H22N4O3S2. The van der Waals surface area contributed by atoms with Gasteiger partial charge < -0.3 is 4.90 Å². The third-order valence-corrected chi connectivity index (χ3v) is 7.06. The number of aromatic nitrogens is 2. The second kappa shape index (κ2) is 6.89. The van der Waals surface area contributed by atoms with Gasteiger partial charge >= 0.3 is 0 Å². The van der Waals surface area contributed by atoms with Gasteiger partial charge in [-0.25, -0.2) is 8.42 Å². The highest BCUT2D eigenvalue weighted by atomic mass is 32.2. The first-order valence-corrected chi connectivity index (χ1v) is 10.5. The number of rotatable bonds is 4. The first kappa shape index (κ1) is 18.1. The molecule has 2 aromatic rings. The Labute approximate surface area is 151 Å². The summed E-state index contributed by atoms with van der Waals surface area (Å²) < 4.78 is 29.5. The first-order valence-electron chi connectivity index (χ1n) is 8.19. The zero-order chi connectivity index (χ0) is 18.2. The summed E-state index contributed by atoms with van der Waals surface area (Å²) in [7, 11) is -3.66. The van der Waals surface area contributed by atoms with E-state index in [1.165, 1.54) is 22.6 Å². The predicted octanol–water partition coefficient (Wildman–Crippen LogP) is 2.05. The van der Waals surface area contributed by atoms with Gasteiger partial charge in [-0.1, -0.05) is 6.07 Å². The molecule has 0 aromatic carbocycles. The van der Waals surface area contributed by atoms with E-state index >= 15 is 0 Å². The minimum absolute atomic E-state index is 0.0241. The van der Waals surface area contributed by atoms with Crippen molar-refractivity contribution in [1.82, 2.24) is 19.0 Å². The molecule has 0 aliphatic carbocycles. The topological polar surface area (TPSA) is 75.5 Å². The molecule has 0 bridgehead atoms. The maximum absolute atomic E-state index is 13.2. The molecule has 1 aliphatic heterocycles. The minimum atomic E-state index is -3.66. The molecule has 0 spiro atoms. The molecule has 0 N–H and O–H groups in total. The normalized spacial score (nSPS) is 16.6. The van der Waals surface area contributed by atoms with Gasteiger partial charge in [0.05, 0.1) is 4.88 Å². The molecule has 2 aromatic heterocycles. The average Bonchev–Trinajstić information content (AvgIpc) is 3.24. The summed E-state index contributed by atoms with van der Waals surface area (Å²) in [5.41, 5.74) is 0.498. The lowest BCUT2D eigenvalue weighted by Crippen LogP contribution is -2.49. The Balaban J connectivity index is 1.96. The van der Waals surface area contributed by atoms with Crippen LogP contribution in [0.1, 0.15) is 26.8 Å². The molecule has 0 radical (unpaired) electrons. The van der Waals surface area contributed by atoms with Crippen molar-refractivity contribution < 1.29 is 13.2 Å². The minimum Gasteiger partial charge on any atom is -0.340 e. The number of carbonyl (C=O) groups is 1. The van der Waals surface area contributed by atoms with E-state index in [2.05, 4.69) is 5.10 Å². The monoisotopic (exact) mass is 382 g/mol. The highest BCUT2D eigenvalue weighted by Gasteiger charge is 2.33. The van der Waals surface area contributed by atoms with E-state index in [1.54, 1.807) is 15.8 Å². The molecular weight excluding hydrogens is 360 g/mol. The van der Waals surface area contributed by atoms with Gasteiger partial charge in [-0.3, -0.25) is 9.48 Å². The smallest absolute Gasteiger partial charge is 0.246 e. The molecule has 136 valence electrons. The van der Waals surface area contributed by atoms with Crippen LogP contribution in [0.15, 0.2) is 28.6 Å². The van der Waals surface area contributed by atoms with Crippen LogP contribution in [0.3, 0.4) is 0 Å². The largest absolute Gasteiger partial charge is 0.340 e. The predicted molar refractivity (Wildman–Crippen MR) is 96.9 cm³/mol. The summed E-state index contributed by atoms with van der Waals surface area (Å²) in [5, 5.41) is 6.42. The highest BCUT2D eigenvalue weighted by molar-refractivity contribution is 7.89. The fourth-order valence-electron chi connectivity index (χ4n) is 2.79. The Hall–Kier alpha value is -1.71. The molecule has 1 aliphatic rings. The Morgan fingerprint density at radius 2 is 1.92 bits per heavy atom. The number of thiophene rings is 1. The molecule has 0 atom stereocenters. The summed E-state index contributed by atoms with van der Waals surface area (Å²) in [4.78, 5) is 14.2. The lowest BCUT2D eigenvalue weighted by atomic mass is 10.3. The van der Waals surface area contributed by atoms with Gasteiger partial charge in [-0.15, -0.1) is 11.3 Å². The third kappa shape index (κ3) is 3.49. The second-order valence-electron chi connectivity index (χ2n) is 6.30. The maximum Gasteiger partial charge on any atom is 0.246 e. The fourth-order valence-corrected chi connectivity index (χ4v) is 5.14. The van der Waals surface area contributed by atoms with Gasteiger partial charge in [0.15, 0.2) is 0 Å². The molecule has 1 fully saturated rings. The van der Waals surface area contributed by atoms with Crippen LogP contribution in [0, 0.1) is 0 Å². The van der Waals surface area contributed by atoms with Crippen molar-refractivity contribution in [1.29, 1.82) is 0 Å². The van der Waals surface area contributed by atoms with Crippen LogP contribution in [-0.4, -0.2) is 59.5 Å². The molecule has 0 saturated carbocycles. The van der Waals surface area contributed by atoms with Crippen LogP contribution in [0.5, 0.6) is 0 Å². The van der Waals surface area contributed by atoms with Gasteiger partial charge in [-0.05, 0) is 25.3 Å². The van der Waals surface area contributed by atoms with Crippen molar-refractivity contribution in [2.45, 2.75) is 31.7 Å². The number of nitrogens with zero attached hydrogens (tertiary/aromatic N) is 4. The van der Waals surface area contributed by atoms with E-state index < -0.39 is 10.0 Å². The van der Waals surface area contributed by atoms with Crippen LogP contribution in [0.2, 0.25) is 0 Å². The molecule has 9 heteroatoms. The van der Waals surface area contributed by atoms with E-state index in [0.29, 0.717) is 31.9 Å². The van der Waals surface area contributed by atoms with Crippen LogP contribution in [-0.2, 0) is 14.8 Å². The summed E-state index contributed by atoms with van der Waals surface area (Å²) in [5.74, 6) is -0.0241. The Morgan fingerprint density at radius 1 is 1.24 bits per heavy atom. The molecule has 25 heavy (non-hydrogen) atoms. The Kier molecular flexibility index (Phi) is 4.99. The summed E-state index contributed by atoms with van der Waals surface area (Å²) in [6, 6.07) is 3.83. The molecule has 3 heterocycles. The lowest BCUT2D eigenvalue weighted by Gasteiger charge is -2.33. The van der Waals surface area contributed by atoms with E-state index in [1.807, 2.05) is 31.4 Å². The van der Waals surface area contributed by atoms with Gasteiger partial charge in [0.25, 0.3) is 0 Å². The average molecular weight is 383 g/mol. The number of piperazine rings is 1. The van der Waals surface area contributed by atoms with Crippen molar-refractivity contribution in [2.75, 3.05) is 26.2 Å². The van der Waals surface area contributed by atoms with Crippen molar-refractivity contribution in [2.24, 2.45) is 0 Å². The number of carbonyl (C=O) groups excluding carboxylic acids is 1. The van der Waals surface area contributed by atoms with Gasteiger partial charge in [0.1, 0.15) is 10.6 Å². The maximum atomic E-state index is 13.2. The number of hydrogen-bond acceptors (Lipinski definition) is 5. The molecule has 3 rings (SSSR count). The molecule has 7 nitrogen and oxygen atoms in total. The van der Waals surface area contributed by atoms with Crippen LogP contribution in [0.4, 0.5) is 0 Å². The van der Waals surface area contributed by atoms with E-state index in [0.717, 1.165) is 4.88 Å². The van der Waals surface area contributed by atoms with Crippen molar-refractivity contribution in [3.63, 3.8) is 0 Å². The number of hydrogen-bond donors (Lipinski definition) is 0. The second-order valence-corrected chi connectivity index (χ2v) is 9.16. The van der Waals surface area contributed by atoms with Crippen molar-refractivity contribution >= 4 is 27.3 Å². The first-order chi connectivity index (χ1) is 11.8. The zero-order valence-electron chi connectivity index (χ0n) is 14.5. The molecule has 1 amide bonds. The quantitative estimate of drug-likeness (QED) is 0.811. The Bertz CT molecular complexity index is 848. The third-order valence-electron chi connectivity index (χ3n) is 4.28. The Morgan fingerprint density at radius 3 is 2.44 bits per heavy atom. The summed E-state index contributed by atoms with van der Waals surface area (Å²) in [6.45, 7) is 6.88. The van der Waals surface area contributed by atoms with E-state index in [-0.39, 0.29) is 16.8 Å². The van der Waals surface area contributed by atoms with Crippen molar-refractivity contribution in [3.05, 3.63) is 23.7 Å². The molecule has 1 saturated heterocycles. The van der Waals surface area contributed by atoms with E-state index in [9.17, 15) is 13.2 Å². The lowest BCUT2D eigenvalue weighted by molar-refractivity contribution is -0.129. The van der Waals surface area contributed by atoms with Crippen LogP contribution in [0.25, 0.3) is 10.6 Å². The summed E-state index contributed by atoms with van der Waals surface area (Å²) >= 11 is 1.47. The van der Waals surface area contributed by atoms with Crippen LogP contribution < -0.4 is 0 Å². The van der Waals surface area contributed by atoms with E-state index in [4.69, 9.17) is 0 Å². The van der Waals surface area contributed by atoms with Gasteiger partial charge in [-0.2, -0.15) is 9.40 Å². The fraction of sp³-hybridized carbons (Fsp3) is 0.500. The van der Waals surface area contributed by atoms with Crippen molar-refractivity contribution in [3.8, 4) is 10.6 Å². The van der Waals surface area contributed by atoms with Gasteiger partial charge in [0.2, 0.25) is 15.9 Å². The molecule has 0 unspecified atom stereocenters.